The van der Waals surface area contributed by atoms with Gasteiger partial charge < -0.3 is 19.3 Å². The van der Waals surface area contributed by atoms with Crippen LogP contribution < -0.4 is 15.2 Å². The Bertz CT molecular complexity index is 1430. The van der Waals surface area contributed by atoms with Crippen molar-refractivity contribution < 1.29 is 14.8 Å². The molecule has 34 heavy (non-hydrogen) atoms. The van der Waals surface area contributed by atoms with Gasteiger partial charge in [-0.15, -0.1) is 0 Å². The second-order valence-electron chi connectivity index (χ2n) is 8.45. The van der Waals surface area contributed by atoms with Crippen molar-refractivity contribution in [3.63, 3.8) is 0 Å². The minimum absolute atomic E-state index is 0.0391. The van der Waals surface area contributed by atoms with Crippen molar-refractivity contribution >= 4 is 33.3 Å². The highest BCUT2D eigenvalue weighted by molar-refractivity contribution is 5.83. The van der Waals surface area contributed by atoms with Crippen LogP contribution in [0.15, 0.2) is 65.5 Å². The summed E-state index contributed by atoms with van der Waals surface area (Å²) < 4.78 is 7.16. The molecule has 3 aromatic carbocycles. The predicted molar refractivity (Wildman–Crippen MR) is 130 cm³/mol. The summed E-state index contributed by atoms with van der Waals surface area (Å²) in [5.41, 5.74) is 0.263. The Morgan fingerprint density at radius 3 is 2.59 bits per heavy atom. The summed E-state index contributed by atoms with van der Waals surface area (Å²) in [7, 11) is 0. The topological polar surface area (TPSA) is 111 Å². The molecule has 4 aromatic rings. The molecule has 0 saturated carbocycles. The van der Waals surface area contributed by atoms with E-state index in [1.165, 1.54) is 16.7 Å². The van der Waals surface area contributed by atoms with Gasteiger partial charge in [-0.2, -0.15) is 0 Å². The number of ether oxygens (including phenoxy) is 1. The van der Waals surface area contributed by atoms with E-state index in [0.29, 0.717) is 22.6 Å². The largest absolute Gasteiger partial charge is 0.491 e. The molecule has 1 unspecified atom stereocenters. The van der Waals surface area contributed by atoms with E-state index < -0.39 is 11.0 Å². The second-order valence-corrected chi connectivity index (χ2v) is 8.45. The zero-order valence-corrected chi connectivity index (χ0v) is 18.5. The van der Waals surface area contributed by atoms with E-state index >= 15 is 0 Å². The SMILES string of the molecule is O=c1c(N2CCCC2)nc2ccc([N+](=O)[O-])cc2n1CC(O)COc1ccc2ccccc2c1. The van der Waals surface area contributed by atoms with Crippen molar-refractivity contribution in [2.24, 2.45) is 0 Å². The van der Waals surface area contributed by atoms with Crippen LogP contribution >= 0.6 is 0 Å². The first kappa shape index (κ1) is 21.8. The van der Waals surface area contributed by atoms with Gasteiger partial charge in [-0.1, -0.05) is 30.3 Å². The minimum Gasteiger partial charge on any atom is -0.491 e. The highest BCUT2D eigenvalue weighted by Gasteiger charge is 2.22. The van der Waals surface area contributed by atoms with Crippen LogP contribution in [0.4, 0.5) is 11.5 Å². The monoisotopic (exact) mass is 460 g/mol. The molecule has 0 bridgehead atoms. The highest BCUT2D eigenvalue weighted by Crippen LogP contribution is 2.23. The van der Waals surface area contributed by atoms with E-state index in [0.717, 1.165) is 36.7 Å². The maximum Gasteiger partial charge on any atom is 0.294 e. The van der Waals surface area contributed by atoms with E-state index in [9.17, 15) is 20.0 Å². The molecule has 1 aliphatic rings. The number of aliphatic hydroxyl groups is 1. The van der Waals surface area contributed by atoms with Crippen LogP contribution in [-0.4, -0.2) is 45.4 Å². The zero-order valence-electron chi connectivity index (χ0n) is 18.5. The predicted octanol–water partition coefficient (Wildman–Crippen LogP) is 3.50. The molecule has 1 aromatic heterocycles. The number of rotatable bonds is 7. The third kappa shape index (κ3) is 4.29. The molecule has 5 rings (SSSR count). The number of non-ortho nitro benzene ring substituents is 1. The second kappa shape index (κ2) is 9.11. The molecule has 9 heteroatoms. The smallest absolute Gasteiger partial charge is 0.294 e. The summed E-state index contributed by atoms with van der Waals surface area (Å²) >= 11 is 0. The van der Waals surface area contributed by atoms with Gasteiger partial charge in [0.05, 0.1) is 22.5 Å². The maximum atomic E-state index is 13.3. The summed E-state index contributed by atoms with van der Waals surface area (Å²) in [4.78, 5) is 30.6. The van der Waals surface area contributed by atoms with Gasteiger partial charge in [0.15, 0.2) is 5.82 Å². The average molecular weight is 460 g/mol. The van der Waals surface area contributed by atoms with Crippen LogP contribution in [0.25, 0.3) is 21.8 Å². The van der Waals surface area contributed by atoms with Gasteiger partial charge >= 0.3 is 0 Å². The molecule has 0 spiro atoms. The Hall–Kier alpha value is -3.98. The van der Waals surface area contributed by atoms with Gasteiger partial charge in [0, 0.05) is 25.2 Å². The van der Waals surface area contributed by atoms with Gasteiger partial charge in [-0.3, -0.25) is 14.9 Å². The van der Waals surface area contributed by atoms with E-state index in [1.54, 1.807) is 6.07 Å². The number of hydrogen-bond donors (Lipinski definition) is 1. The first-order valence-corrected chi connectivity index (χ1v) is 11.2. The lowest BCUT2D eigenvalue weighted by molar-refractivity contribution is -0.384. The van der Waals surface area contributed by atoms with E-state index in [4.69, 9.17) is 4.74 Å². The van der Waals surface area contributed by atoms with Crippen molar-refractivity contribution in [2.75, 3.05) is 24.6 Å². The third-order valence-corrected chi connectivity index (χ3v) is 6.09. The molecule has 0 amide bonds. The Balaban J connectivity index is 1.44. The quantitative estimate of drug-likeness (QED) is 0.332. The molecule has 9 nitrogen and oxygen atoms in total. The number of nitro groups is 1. The number of aromatic nitrogens is 2. The van der Waals surface area contributed by atoms with Crippen LogP contribution in [0.1, 0.15) is 12.8 Å². The minimum atomic E-state index is -1.01. The Labute approximate surface area is 195 Å². The van der Waals surface area contributed by atoms with E-state index in [2.05, 4.69) is 4.98 Å². The van der Waals surface area contributed by atoms with Crippen molar-refractivity contribution in [2.45, 2.75) is 25.5 Å². The number of nitrogens with zero attached hydrogens (tertiary/aromatic N) is 4. The van der Waals surface area contributed by atoms with Crippen molar-refractivity contribution in [3.05, 3.63) is 81.1 Å². The normalized spacial score (nSPS) is 14.6. The molecule has 1 N–H and O–H groups in total. The fourth-order valence-corrected chi connectivity index (χ4v) is 4.36. The zero-order chi connectivity index (χ0) is 23.7. The summed E-state index contributed by atoms with van der Waals surface area (Å²) in [6.07, 6.45) is 0.934. The summed E-state index contributed by atoms with van der Waals surface area (Å²) in [5.74, 6) is 0.916. The number of anilines is 1. The average Bonchev–Trinajstić information content (AvgIpc) is 3.38. The molecule has 1 aliphatic heterocycles. The lowest BCUT2D eigenvalue weighted by Crippen LogP contribution is -2.35. The van der Waals surface area contributed by atoms with Crippen LogP contribution in [-0.2, 0) is 6.54 Å². The standard InChI is InChI=1S/C25H24N4O5/c30-20(16-34-21-9-7-17-5-1-2-6-18(17)13-21)15-28-23-14-19(29(32)33)8-10-22(23)26-24(25(28)31)27-11-3-4-12-27/h1-2,5-10,13-14,20,30H,3-4,11-12,15-16H2. The van der Waals surface area contributed by atoms with E-state index in [1.807, 2.05) is 47.4 Å². The molecule has 0 radical (unpaired) electrons. The van der Waals surface area contributed by atoms with Gasteiger partial charge in [-0.05, 0) is 41.8 Å². The molecular weight excluding hydrogens is 436 g/mol. The lowest BCUT2D eigenvalue weighted by Gasteiger charge is -2.20. The van der Waals surface area contributed by atoms with Gasteiger partial charge in [0.2, 0.25) is 0 Å². The fourth-order valence-electron chi connectivity index (χ4n) is 4.36. The number of hydrogen-bond acceptors (Lipinski definition) is 7. The molecule has 174 valence electrons. The van der Waals surface area contributed by atoms with Crippen molar-refractivity contribution in [1.82, 2.24) is 9.55 Å². The number of fused-ring (bicyclic) bond motifs is 2. The van der Waals surface area contributed by atoms with E-state index in [-0.39, 0.29) is 24.4 Å². The number of aliphatic hydroxyl groups excluding tert-OH is 1. The fraction of sp³-hybridized carbons (Fsp3) is 0.280. The molecule has 2 heterocycles. The van der Waals surface area contributed by atoms with Crippen LogP contribution in [0.3, 0.4) is 0 Å². The summed E-state index contributed by atoms with van der Waals surface area (Å²) in [5, 5.41) is 24.2. The first-order chi connectivity index (χ1) is 16.5. The molecule has 1 atom stereocenters. The first-order valence-electron chi connectivity index (χ1n) is 11.2. The van der Waals surface area contributed by atoms with Crippen LogP contribution in [0, 0.1) is 10.1 Å². The van der Waals surface area contributed by atoms with Gasteiger partial charge in [0.25, 0.3) is 11.2 Å². The van der Waals surface area contributed by atoms with Crippen LogP contribution in [0.5, 0.6) is 5.75 Å². The highest BCUT2D eigenvalue weighted by atomic mass is 16.6. The summed E-state index contributed by atoms with van der Waals surface area (Å²) in [6, 6.07) is 17.8. The Morgan fingerprint density at radius 2 is 1.82 bits per heavy atom. The molecular formula is C25H24N4O5. The van der Waals surface area contributed by atoms with Gasteiger partial charge in [0.1, 0.15) is 18.5 Å². The lowest BCUT2D eigenvalue weighted by atomic mass is 10.1. The molecule has 1 fully saturated rings. The van der Waals surface area contributed by atoms with Crippen molar-refractivity contribution in [3.8, 4) is 5.75 Å². The number of nitro benzene ring substituents is 1. The molecule has 0 aliphatic carbocycles. The van der Waals surface area contributed by atoms with Gasteiger partial charge in [-0.25, -0.2) is 4.98 Å². The Kier molecular flexibility index (Phi) is 5.85. The maximum absolute atomic E-state index is 13.3. The van der Waals surface area contributed by atoms with Crippen LogP contribution in [0.2, 0.25) is 0 Å². The molecule has 1 saturated heterocycles. The number of benzene rings is 3. The third-order valence-electron chi connectivity index (χ3n) is 6.09. The Morgan fingerprint density at radius 1 is 1.06 bits per heavy atom. The van der Waals surface area contributed by atoms with Crippen molar-refractivity contribution in [1.29, 1.82) is 0 Å². The summed E-state index contributed by atoms with van der Waals surface area (Å²) in [6.45, 7) is 1.35.